The third-order valence-corrected chi connectivity index (χ3v) is 3.36. The fourth-order valence-corrected chi connectivity index (χ4v) is 2.14. The predicted octanol–water partition coefficient (Wildman–Crippen LogP) is 4.12. The van der Waals surface area contributed by atoms with Gasteiger partial charge < -0.3 is 10.1 Å². The van der Waals surface area contributed by atoms with Crippen LogP contribution in [0.15, 0.2) is 36.4 Å². The molecule has 0 fully saturated rings. The molecule has 0 unspecified atom stereocenters. The molecule has 1 N–H and O–H groups in total. The van der Waals surface area contributed by atoms with E-state index in [1.165, 1.54) is 0 Å². The average molecular weight is 305 g/mol. The summed E-state index contributed by atoms with van der Waals surface area (Å²) < 4.78 is 5.82. The number of ether oxygens (including phenoxy) is 1. The molecular formula is C17H21ClN2O. The number of nitrogens with zero attached hydrogens (tertiary/aromatic N) is 1. The minimum atomic E-state index is 0.447. The van der Waals surface area contributed by atoms with Gasteiger partial charge in [0.15, 0.2) is 0 Å². The number of pyridine rings is 1. The highest BCUT2D eigenvalue weighted by molar-refractivity contribution is 6.30. The van der Waals surface area contributed by atoms with E-state index in [4.69, 9.17) is 16.3 Å². The van der Waals surface area contributed by atoms with Gasteiger partial charge in [-0.05, 0) is 49.7 Å². The van der Waals surface area contributed by atoms with E-state index in [0.717, 1.165) is 42.2 Å². The van der Waals surface area contributed by atoms with Gasteiger partial charge in [-0.3, -0.25) is 4.98 Å². The molecule has 4 heteroatoms. The van der Waals surface area contributed by atoms with Crippen LogP contribution in [-0.2, 0) is 13.2 Å². The van der Waals surface area contributed by atoms with E-state index in [1.807, 2.05) is 43.3 Å². The Labute approximate surface area is 131 Å². The molecule has 2 aromatic rings. The van der Waals surface area contributed by atoms with Crippen LogP contribution < -0.4 is 10.1 Å². The number of nitrogens with one attached hydrogen (secondary N) is 1. The van der Waals surface area contributed by atoms with Crippen molar-refractivity contribution >= 4 is 11.6 Å². The topological polar surface area (TPSA) is 34.1 Å². The first-order chi connectivity index (χ1) is 10.2. The zero-order chi connectivity index (χ0) is 15.1. The molecule has 0 radical (unpaired) electrons. The van der Waals surface area contributed by atoms with Crippen LogP contribution in [0.25, 0.3) is 0 Å². The lowest BCUT2D eigenvalue weighted by atomic mass is 10.2. The van der Waals surface area contributed by atoms with Crippen LogP contribution in [0.2, 0.25) is 5.02 Å². The number of hydrogen-bond acceptors (Lipinski definition) is 3. The van der Waals surface area contributed by atoms with Crippen LogP contribution in [-0.4, -0.2) is 11.5 Å². The molecule has 2 rings (SSSR count). The fraction of sp³-hybridized carbons (Fsp3) is 0.353. The van der Waals surface area contributed by atoms with E-state index in [-0.39, 0.29) is 0 Å². The van der Waals surface area contributed by atoms with Gasteiger partial charge in [-0.1, -0.05) is 30.7 Å². The Morgan fingerprint density at radius 1 is 1.19 bits per heavy atom. The highest BCUT2D eigenvalue weighted by Gasteiger charge is 2.03. The smallest absolute Gasteiger partial charge is 0.130 e. The van der Waals surface area contributed by atoms with Gasteiger partial charge in [0.2, 0.25) is 0 Å². The molecule has 21 heavy (non-hydrogen) atoms. The van der Waals surface area contributed by atoms with Crippen LogP contribution in [0.5, 0.6) is 5.75 Å². The van der Waals surface area contributed by atoms with E-state index >= 15 is 0 Å². The fourth-order valence-electron chi connectivity index (χ4n) is 1.98. The van der Waals surface area contributed by atoms with E-state index in [9.17, 15) is 0 Å². The Kier molecular flexibility index (Phi) is 6.03. The summed E-state index contributed by atoms with van der Waals surface area (Å²) >= 11 is 5.99. The molecule has 0 atom stereocenters. The van der Waals surface area contributed by atoms with Gasteiger partial charge in [-0.25, -0.2) is 0 Å². The Hall–Kier alpha value is -1.58. The van der Waals surface area contributed by atoms with Gasteiger partial charge in [-0.2, -0.15) is 0 Å². The minimum absolute atomic E-state index is 0.447. The maximum absolute atomic E-state index is 5.99. The number of aryl methyl sites for hydroxylation is 1. The second-order valence-corrected chi connectivity index (χ2v) is 5.43. The molecule has 0 aliphatic heterocycles. The summed E-state index contributed by atoms with van der Waals surface area (Å²) in [4.78, 5) is 4.59. The maximum Gasteiger partial charge on any atom is 0.130 e. The van der Waals surface area contributed by atoms with Crippen molar-refractivity contribution in [3.63, 3.8) is 0 Å². The summed E-state index contributed by atoms with van der Waals surface area (Å²) in [6, 6.07) is 11.7. The van der Waals surface area contributed by atoms with Crippen molar-refractivity contribution in [2.45, 2.75) is 33.4 Å². The highest BCUT2D eigenvalue weighted by Crippen LogP contribution is 2.23. The van der Waals surface area contributed by atoms with Crippen LogP contribution in [0, 0.1) is 6.92 Å². The molecule has 0 amide bonds. The Bertz CT molecular complexity index is 587. The molecule has 0 aliphatic rings. The average Bonchev–Trinajstić information content (AvgIpc) is 2.49. The largest absolute Gasteiger partial charge is 0.487 e. The number of halogens is 1. The van der Waals surface area contributed by atoms with E-state index in [1.54, 1.807) is 0 Å². The van der Waals surface area contributed by atoms with Crippen molar-refractivity contribution < 1.29 is 4.74 Å². The first kappa shape index (κ1) is 15.8. The highest BCUT2D eigenvalue weighted by atomic mass is 35.5. The summed E-state index contributed by atoms with van der Waals surface area (Å²) in [5.74, 6) is 0.804. The van der Waals surface area contributed by atoms with Crippen molar-refractivity contribution in [3.8, 4) is 5.75 Å². The van der Waals surface area contributed by atoms with Gasteiger partial charge >= 0.3 is 0 Å². The molecule has 1 aromatic carbocycles. The third-order valence-electron chi connectivity index (χ3n) is 3.12. The maximum atomic E-state index is 5.99. The predicted molar refractivity (Wildman–Crippen MR) is 86.8 cm³/mol. The van der Waals surface area contributed by atoms with Crippen LogP contribution >= 0.6 is 11.6 Å². The number of aromatic nitrogens is 1. The monoisotopic (exact) mass is 304 g/mol. The van der Waals surface area contributed by atoms with Crippen molar-refractivity contribution in [2.24, 2.45) is 0 Å². The van der Waals surface area contributed by atoms with Crippen molar-refractivity contribution in [1.29, 1.82) is 0 Å². The molecule has 0 spiro atoms. The van der Waals surface area contributed by atoms with Gasteiger partial charge in [0.1, 0.15) is 12.4 Å². The lowest BCUT2D eigenvalue weighted by molar-refractivity contribution is 0.299. The van der Waals surface area contributed by atoms with Gasteiger partial charge in [0, 0.05) is 11.6 Å². The van der Waals surface area contributed by atoms with Gasteiger partial charge in [0.05, 0.1) is 11.4 Å². The quantitative estimate of drug-likeness (QED) is 0.781. The first-order valence-electron chi connectivity index (χ1n) is 7.23. The third kappa shape index (κ3) is 5.03. The number of rotatable bonds is 7. The van der Waals surface area contributed by atoms with Crippen molar-refractivity contribution in [3.05, 3.63) is 58.4 Å². The first-order valence-corrected chi connectivity index (χ1v) is 7.61. The molecule has 0 saturated heterocycles. The van der Waals surface area contributed by atoms with Crippen LogP contribution in [0.1, 0.15) is 30.3 Å². The summed E-state index contributed by atoms with van der Waals surface area (Å²) in [7, 11) is 0. The normalized spacial score (nSPS) is 10.6. The van der Waals surface area contributed by atoms with Crippen LogP contribution in [0.3, 0.4) is 0 Å². The summed E-state index contributed by atoms with van der Waals surface area (Å²) in [6.07, 6.45) is 1.12. The molecule has 112 valence electrons. The molecule has 3 nitrogen and oxygen atoms in total. The second-order valence-electron chi connectivity index (χ2n) is 5.00. The standard InChI is InChI=1S/C17H21ClN2O/c1-3-9-19-11-15-5-4-6-16(20-15)12-21-17-10-14(18)8-7-13(17)2/h4-8,10,19H,3,9,11-12H2,1-2H3. The number of benzene rings is 1. The molecular weight excluding hydrogens is 284 g/mol. The zero-order valence-electron chi connectivity index (χ0n) is 12.5. The zero-order valence-corrected chi connectivity index (χ0v) is 13.3. The van der Waals surface area contributed by atoms with E-state index < -0.39 is 0 Å². The van der Waals surface area contributed by atoms with Crippen molar-refractivity contribution in [2.75, 3.05) is 6.54 Å². The van der Waals surface area contributed by atoms with Crippen LogP contribution in [0.4, 0.5) is 0 Å². The van der Waals surface area contributed by atoms with E-state index in [2.05, 4.69) is 17.2 Å². The SMILES string of the molecule is CCCNCc1cccc(COc2cc(Cl)ccc2C)n1. The molecule has 1 aromatic heterocycles. The lowest BCUT2D eigenvalue weighted by Crippen LogP contribution is -2.15. The molecule has 0 saturated carbocycles. The number of hydrogen-bond donors (Lipinski definition) is 1. The Morgan fingerprint density at radius 2 is 2.00 bits per heavy atom. The summed E-state index contributed by atoms with van der Waals surface area (Å²) in [5, 5.41) is 4.03. The molecule has 1 heterocycles. The van der Waals surface area contributed by atoms with Gasteiger partial charge in [-0.15, -0.1) is 0 Å². The second kappa shape index (κ2) is 8.01. The van der Waals surface area contributed by atoms with E-state index in [0.29, 0.717) is 11.6 Å². The molecule has 0 bridgehead atoms. The summed E-state index contributed by atoms with van der Waals surface area (Å²) in [6.45, 7) is 6.40. The summed E-state index contributed by atoms with van der Waals surface area (Å²) in [5.41, 5.74) is 3.03. The Morgan fingerprint density at radius 3 is 2.81 bits per heavy atom. The van der Waals surface area contributed by atoms with Crippen molar-refractivity contribution in [1.82, 2.24) is 10.3 Å². The van der Waals surface area contributed by atoms with Gasteiger partial charge in [0.25, 0.3) is 0 Å². The Balaban J connectivity index is 1.96. The minimum Gasteiger partial charge on any atom is -0.487 e. The lowest BCUT2D eigenvalue weighted by Gasteiger charge is -2.10. The molecule has 0 aliphatic carbocycles.